The monoisotopic (exact) mass is 325 g/mol. The van der Waals surface area contributed by atoms with Crippen LogP contribution in [0.2, 0.25) is 0 Å². The molecule has 1 atom stereocenters. The maximum Gasteiger partial charge on any atom is 0.272 e. The predicted octanol–water partition coefficient (Wildman–Crippen LogP) is 2.85. The number of carbonyl (C=O) groups is 1. The van der Waals surface area contributed by atoms with Gasteiger partial charge in [-0.05, 0) is 48.3 Å². The van der Waals surface area contributed by atoms with Crippen LogP contribution >= 0.6 is 0 Å². The van der Waals surface area contributed by atoms with Crippen LogP contribution in [0, 0.1) is 11.8 Å². The first kappa shape index (κ1) is 16.4. The van der Waals surface area contributed by atoms with Gasteiger partial charge in [-0.1, -0.05) is 38.1 Å². The minimum Gasteiger partial charge on any atom is -0.344 e. The van der Waals surface area contributed by atoms with Gasteiger partial charge in [0.1, 0.15) is 5.69 Å². The first-order valence-electron chi connectivity index (χ1n) is 8.48. The molecule has 0 bridgehead atoms. The van der Waals surface area contributed by atoms with Gasteiger partial charge in [-0.2, -0.15) is 5.10 Å². The van der Waals surface area contributed by atoms with Gasteiger partial charge in [0.25, 0.3) is 11.5 Å². The first-order valence-corrected chi connectivity index (χ1v) is 8.48. The summed E-state index contributed by atoms with van der Waals surface area (Å²) in [6.45, 7) is 4.41. The Morgan fingerprint density at radius 1 is 1.21 bits per heavy atom. The molecule has 5 heteroatoms. The van der Waals surface area contributed by atoms with Crippen molar-refractivity contribution in [2.24, 2.45) is 11.8 Å². The van der Waals surface area contributed by atoms with Crippen LogP contribution in [0.15, 0.2) is 41.2 Å². The van der Waals surface area contributed by atoms with E-state index in [4.69, 9.17) is 0 Å². The summed E-state index contributed by atoms with van der Waals surface area (Å²) < 4.78 is 0. The number of amides is 1. The van der Waals surface area contributed by atoms with E-state index in [1.807, 2.05) is 0 Å². The summed E-state index contributed by atoms with van der Waals surface area (Å²) in [4.78, 5) is 23.5. The molecule has 3 rings (SSSR count). The number of H-pyrrole nitrogens is 1. The molecule has 1 aliphatic carbocycles. The van der Waals surface area contributed by atoms with Crippen molar-refractivity contribution in [2.75, 3.05) is 0 Å². The van der Waals surface area contributed by atoms with Gasteiger partial charge in [0.15, 0.2) is 0 Å². The van der Waals surface area contributed by atoms with E-state index in [0.717, 1.165) is 24.8 Å². The van der Waals surface area contributed by atoms with E-state index in [-0.39, 0.29) is 23.2 Å². The summed E-state index contributed by atoms with van der Waals surface area (Å²) in [6, 6.07) is 11.3. The lowest BCUT2D eigenvalue weighted by Crippen LogP contribution is -2.31. The second-order valence-corrected chi connectivity index (χ2v) is 6.93. The highest BCUT2D eigenvalue weighted by atomic mass is 16.2. The van der Waals surface area contributed by atoms with Crippen LogP contribution in [0.3, 0.4) is 0 Å². The number of nitrogens with one attached hydrogen (secondary N) is 2. The van der Waals surface area contributed by atoms with E-state index < -0.39 is 0 Å². The van der Waals surface area contributed by atoms with Gasteiger partial charge in [0.05, 0.1) is 6.04 Å². The minimum absolute atomic E-state index is 0.000622. The van der Waals surface area contributed by atoms with Crippen LogP contribution in [0.25, 0.3) is 0 Å². The molecule has 1 heterocycles. The van der Waals surface area contributed by atoms with Crippen LogP contribution in [-0.2, 0) is 6.42 Å². The lowest BCUT2D eigenvalue weighted by molar-refractivity contribution is 0.0925. The van der Waals surface area contributed by atoms with Crippen molar-refractivity contribution in [3.8, 4) is 0 Å². The fraction of sp³-hybridized carbons (Fsp3) is 0.421. The van der Waals surface area contributed by atoms with E-state index in [9.17, 15) is 9.59 Å². The maximum atomic E-state index is 12.4. The van der Waals surface area contributed by atoms with E-state index in [0.29, 0.717) is 11.8 Å². The standard InChI is InChI=1S/C19H23N3O2/c1-12(2)11-13-3-5-14(6-4-13)18(15-7-8-15)20-19(24)16-9-10-17(23)22-21-16/h3-6,9-10,12,15,18H,7-8,11H2,1-2H3,(H,20,24)(H,22,23). The Kier molecular flexibility index (Phi) is 4.79. The lowest BCUT2D eigenvalue weighted by Gasteiger charge is -2.19. The van der Waals surface area contributed by atoms with E-state index in [1.165, 1.54) is 17.7 Å². The molecule has 1 unspecified atom stereocenters. The summed E-state index contributed by atoms with van der Waals surface area (Å²) in [5.74, 6) is 0.850. The normalized spacial score (nSPS) is 15.3. The Bertz CT molecular complexity index is 740. The fourth-order valence-corrected chi connectivity index (χ4v) is 2.92. The Labute approximate surface area is 141 Å². The maximum absolute atomic E-state index is 12.4. The molecule has 1 fully saturated rings. The molecule has 1 aromatic carbocycles. The van der Waals surface area contributed by atoms with Crippen molar-refractivity contribution in [3.05, 3.63) is 63.6 Å². The highest BCUT2D eigenvalue weighted by Crippen LogP contribution is 2.41. The van der Waals surface area contributed by atoms with Gasteiger partial charge in [0.2, 0.25) is 0 Å². The van der Waals surface area contributed by atoms with E-state index >= 15 is 0 Å². The number of aromatic nitrogens is 2. The Balaban J connectivity index is 1.74. The number of nitrogens with zero attached hydrogens (tertiary/aromatic N) is 1. The summed E-state index contributed by atoms with van der Waals surface area (Å²) in [6.07, 6.45) is 3.30. The summed E-state index contributed by atoms with van der Waals surface area (Å²) in [5, 5.41) is 9.17. The SMILES string of the molecule is CC(C)Cc1ccc(C(NC(=O)c2ccc(=O)[nH]n2)C2CC2)cc1. The average molecular weight is 325 g/mol. The van der Waals surface area contributed by atoms with Crippen molar-refractivity contribution < 1.29 is 4.79 Å². The molecule has 0 spiro atoms. The predicted molar refractivity (Wildman–Crippen MR) is 92.8 cm³/mol. The number of rotatable bonds is 6. The zero-order chi connectivity index (χ0) is 17.1. The third kappa shape index (κ3) is 4.10. The summed E-state index contributed by atoms with van der Waals surface area (Å²) >= 11 is 0. The third-order valence-corrected chi connectivity index (χ3v) is 4.27. The largest absolute Gasteiger partial charge is 0.344 e. The van der Waals surface area contributed by atoms with E-state index in [2.05, 4.69) is 53.6 Å². The molecule has 0 aliphatic heterocycles. The van der Waals surface area contributed by atoms with Crippen molar-refractivity contribution in [1.29, 1.82) is 0 Å². The van der Waals surface area contributed by atoms with E-state index in [1.54, 1.807) is 0 Å². The van der Waals surface area contributed by atoms with Crippen LogP contribution in [0.4, 0.5) is 0 Å². The number of hydrogen-bond acceptors (Lipinski definition) is 3. The van der Waals surface area contributed by atoms with Gasteiger partial charge in [0, 0.05) is 6.07 Å². The molecule has 0 radical (unpaired) electrons. The van der Waals surface area contributed by atoms with Gasteiger partial charge in [-0.3, -0.25) is 9.59 Å². The first-order chi connectivity index (χ1) is 11.5. The molecule has 0 saturated heterocycles. The van der Waals surface area contributed by atoms with Crippen molar-refractivity contribution in [3.63, 3.8) is 0 Å². The second-order valence-electron chi connectivity index (χ2n) is 6.93. The molecule has 2 N–H and O–H groups in total. The lowest BCUT2D eigenvalue weighted by atomic mass is 9.97. The minimum atomic E-state index is -0.314. The molecule has 1 aliphatic rings. The molecule has 24 heavy (non-hydrogen) atoms. The number of benzene rings is 1. The zero-order valence-corrected chi connectivity index (χ0v) is 14.1. The van der Waals surface area contributed by atoms with Crippen molar-refractivity contribution in [1.82, 2.24) is 15.5 Å². The Morgan fingerprint density at radius 3 is 2.46 bits per heavy atom. The number of carbonyl (C=O) groups excluding carboxylic acids is 1. The summed E-state index contributed by atoms with van der Waals surface area (Å²) in [7, 11) is 0. The van der Waals surface area contributed by atoms with Gasteiger partial charge in [-0.15, -0.1) is 0 Å². The molecule has 5 nitrogen and oxygen atoms in total. The molecule has 2 aromatic rings. The van der Waals surface area contributed by atoms with Crippen LogP contribution in [0.1, 0.15) is 54.3 Å². The molecule has 126 valence electrons. The Hall–Kier alpha value is -2.43. The topological polar surface area (TPSA) is 74.8 Å². The third-order valence-electron chi connectivity index (χ3n) is 4.27. The van der Waals surface area contributed by atoms with Crippen LogP contribution in [-0.4, -0.2) is 16.1 Å². The van der Waals surface area contributed by atoms with Crippen molar-refractivity contribution in [2.45, 2.75) is 39.2 Å². The highest BCUT2D eigenvalue weighted by molar-refractivity contribution is 5.92. The molecular formula is C19H23N3O2. The van der Waals surface area contributed by atoms with Crippen LogP contribution in [0.5, 0.6) is 0 Å². The molecule has 1 aromatic heterocycles. The average Bonchev–Trinajstić information content (AvgIpc) is 3.38. The fourth-order valence-electron chi connectivity index (χ4n) is 2.92. The van der Waals surface area contributed by atoms with Gasteiger partial charge < -0.3 is 5.32 Å². The summed E-state index contributed by atoms with van der Waals surface area (Å²) in [5.41, 5.74) is 2.36. The molecule has 1 amide bonds. The van der Waals surface area contributed by atoms with Gasteiger partial charge in [-0.25, -0.2) is 5.10 Å². The molecule has 1 saturated carbocycles. The smallest absolute Gasteiger partial charge is 0.272 e. The zero-order valence-electron chi connectivity index (χ0n) is 14.1. The Morgan fingerprint density at radius 2 is 1.92 bits per heavy atom. The highest BCUT2D eigenvalue weighted by Gasteiger charge is 2.33. The van der Waals surface area contributed by atoms with Crippen molar-refractivity contribution >= 4 is 5.91 Å². The number of aromatic amines is 1. The van der Waals surface area contributed by atoms with Gasteiger partial charge >= 0.3 is 0 Å². The number of hydrogen-bond donors (Lipinski definition) is 2. The second kappa shape index (κ2) is 6.99. The van der Waals surface area contributed by atoms with Crippen LogP contribution < -0.4 is 10.9 Å². The quantitative estimate of drug-likeness (QED) is 0.857. The molecular weight excluding hydrogens is 302 g/mol.